The topological polar surface area (TPSA) is 59.8 Å². The molecule has 2 aromatic heterocycles. The number of hydrogen-bond acceptors (Lipinski definition) is 5. The number of nitrogens with one attached hydrogen (secondary N) is 1. The largest absolute Gasteiger partial charge is 0.325 e. The van der Waals surface area contributed by atoms with Gasteiger partial charge in [0.2, 0.25) is 5.91 Å². The molecule has 0 aliphatic heterocycles. The van der Waals surface area contributed by atoms with E-state index < -0.39 is 0 Å². The van der Waals surface area contributed by atoms with Crippen molar-refractivity contribution >= 4 is 34.7 Å². The first-order valence-electron chi connectivity index (χ1n) is 8.85. The van der Waals surface area contributed by atoms with E-state index in [-0.39, 0.29) is 11.9 Å². The summed E-state index contributed by atoms with van der Waals surface area (Å²) < 4.78 is 2.09. The molecule has 0 fully saturated rings. The van der Waals surface area contributed by atoms with Gasteiger partial charge in [0.1, 0.15) is 0 Å². The molecule has 5 nitrogen and oxygen atoms in total. The van der Waals surface area contributed by atoms with Gasteiger partial charge >= 0.3 is 0 Å². The minimum Gasteiger partial charge on any atom is -0.325 e. The molecule has 0 spiro atoms. The summed E-state index contributed by atoms with van der Waals surface area (Å²) in [6.07, 6.45) is 0. The van der Waals surface area contributed by atoms with Gasteiger partial charge in [-0.25, -0.2) is 0 Å². The lowest BCUT2D eigenvalue weighted by molar-refractivity contribution is -0.113. The highest BCUT2D eigenvalue weighted by Gasteiger charge is 2.18. The molecule has 1 aromatic carbocycles. The fraction of sp³-hybridized carbons (Fsp3) is 0.350. The van der Waals surface area contributed by atoms with E-state index in [0.29, 0.717) is 5.75 Å². The monoisotopic (exact) mass is 400 g/mol. The highest BCUT2D eigenvalue weighted by atomic mass is 32.2. The lowest BCUT2D eigenvalue weighted by atomic mass is 10.1. The van der Waals surface area contributed by atoms with Crippen LogP contribution >= 0.6 is 23.1 Å². The predicted octanol–water partition coefficient (Wildman–Crippen LogP) is 5.24. The number of carbonyl (C=O) groups excluding carboxylic acids is 1. The van der Waals surface area contributed by atoms with Gasteiger partial charge in [0, 0.05) is 27.5 Å². The van der Waals surface area contributed by atoms with E-state index in [2.05, 4.69) is 52.3 Å². The van der Waals surface area contributed by atoms with Crippen molar-refractivity contribution in [3.63, 3.8) is 0 Å². The van der Waals surface area contributed by atoms with E-state index in [1.807, 2.05) is 32.0 Å². The quantitative estimate of drug-likeness (QED) is 0.575. The van der Waals surface area contributed by atoms with Crippen molar-refractivity contribution in [1.82, 2.24) is 14.8 Å². The minimum absolute atomic E-state index is 0.0417. The molecule has 27 heavy (non-hydrogen) atoms. The predicted molar refractivity (Wildman–Crippen MR) is 114 cm³/mol. The summed E-state index contributed by atoms with van der Waals surface area (Å²) in [5.74, 6) is 1.10. The molecule has 142 valence electrons. The number of aryl methyl sites for hydroxylation is 3. The molecule has 1 amide bonds. The number of rotatable bonds is 6. The van der Waals surface area contributed by atoms with E-state index in [0.717, 1.165) is 33.4 Å². The summed E-state index contributed by atoms with van der Waals surface area (Å²) >= 11 is 3.11. The minimum atomic E-state index is -0.0417. The van der Waals surface area contributed by atoms with Gasteiger partial charge in [0.15, 0.2) is 11.0 Å². The maximum atomic E-state index is 12.4. The highest BCUT2D eigenvalue weighted by molar-refractivity contribution is 7.99. The summed E-state index contributed by atoms with van der Waals surface area (Å²) in [6, 6.07) is 8.38. The second-order valence-electron chi connectivity index (χ2n) is 6.87. The lowest BCUT2D eigenvalue weighted by Crippen LogP contribution is -2.15. The maximum Gasteiger partial charge on any atom is 0.234 e. The smallest absolute Gasteiger partial charge is 0.234 e. The van der Waals surface area contributed by atoms with Crippen LogP contribution in [0.1, 0.15) is 35.9 Å². The summed E-state index contributed by atoms with van der Waals surface area (Å²) in [4.78, 5) is 13.7. The zero-order valence-electron chi connectivity index (χ0n) is 16.2. The zero-order chi connectivity index (χ0) is 19.6. The number of nitrogens with zero attached hydrogens (tertiary/aromatic N) is 3. The summed E-state index contributed by atoms with van der Waals surface area (Å²) in [7, 11) is 0. The molecule has 0 saturated carbocycles. The van der Waals surface area contributed by atoms with Gasteiger partial charge < -0.3 is 5.32 Å². The van der Waals surface area contributed by atoms with Crippen LogP contribution in [0.15, 0.2) is 34.8 Å². The van der Waals surface area contributed by atoms with Crippen LogP contribution in [0.2, 0.25) is 0 Å². The molecule has 0 aliphatic rings. The van der Waals surface area contributed by atoms with Crippen molar-refractivity contribution in [3.05, 3.63) is 45.6 Å². The van der Waals surface area contributed by atoms with Gasteiger partial charge in [0.05, 0.1) is 5.75 Å². The van der Waals surface area contributed by atoms with Crippen molar-refractivity contribution in [2.45, 2.75) is 45.8 Å². The van der Waals surface area contributed by atoms with Crippen molar-refractivity contribution in [2.75, 3.05) is 11.1 Å². The average Bonchev–Trinajstić information content (AvgIpc) is 3.22. The first-order chi connectivity index (χ1) is 12.8. The van der Waals surface area contributed by atoms with E-state index in [4.69, 9.17) is 0 Å². The van der Waals surface area contributed by atoms with Gasteiger partial charge in [-0.3, -0.25) is 9.36 Å². The Balaban J connectivity index is 1.73. The van der Waals surface area contributed by atoms with Crippen LogP contribution in [0.4, 0.5) is 5.69 Å². The molecule has 3 aromatic rings. The lowest BCUT2D eigenvalue weighted by Gasteiger charge is -2.13. The molecule has 0 bridgehead atoms. The van der Waals surface area contributed by atoms with Gasteiger partial charge in [-0.2, -0.15) is 0 Å². The van der Waals surface area contributed by atoms with Crippen molar-refractivity contribution in [1.29, 1.82) is 0 Å². The van der Waals surface area contributed by atoms with E-state index >= 15 is 0 Å². The fourth-order valence-electron chi connectivity index (χ4n) is 2.79. The second-order valence-corrected chi connectivity index (χ2v) is 8.93. The third-order valence-electron chi connectivity index (χ3n) is 4.17. The SMILES string of the molecule is Cc1ccc(C)c(NC(=O)CSc2nnc(-c3csc(C)c3)n2C(C)C)c1. The average molecular weight is 401 g/mol. The standard InChI is InChI=1S/C20H24N4OS2/c1-12(2)24-19(16-9-15(5)26-10-16)22-23-20(24)27-11-18(25)21-17-8-13(3)6-7-14(17)4/h6-10,12H,11H2,1-5H3,(H,21,25). The Morgan fingerprint density at radius 1 is 1.22 bits per heavy atom. The Kier molecular flexibility index (Phi) is 6.01. The van der Waals surface area contributed by atoms with Crippen molar-refractivity contribution in [3.8, 4) is 11.4 Å². The Bertz CT molecular complexity index is 959. The van der Waals surface area contributed by atoms with Crippen molar-refractivity contribution in [2.24, 2.45) is 0 Å². The molecule has 2 heterocycles. The van der Waals surface area contributed by atoms with Crippen LogP contribution in [-0.2, 0) is 4.79 Å². The number of benzene rings is 1. The first kappa shape index (κ1) is 19.6. The number of aromatic nitrogens is 3. The molecule has 0 unspecified atom stereocenters. The highest BCUT2D eigenvalue weighted by Crippen LogP contribution is 2.30. The van der Waals surface area contributed by atoms with Crippen LogP contribution in [0, 0.1) is 20.8 Å². The molecular formula is C20H24N4OS2. The van der Waals surface area contributed by atoms with Crippen molar-refractivity contribution < 1.29 is 4.79 Å². The summed E-state index contributed by atoms with van der Waals surface area (Å²) in [6.45, 7) is 10.3. The number of carbonyl (C=O) groups is 1. The molecule has 3 rings (SSSR count). The maximum absolute atomic E-state index is 12.4. The van der Waals surface area contributed by atoms with Crippen LogP contribution in [0.3, 0.4) is 0 Å². The zero-order valence-corrected chi connectivity index (χ0v) is 17.9. The molecule has 7 heteroatoms. The number of anilines is 1. The Hall–Kier alpha value is -2.12. The number of thioether (sulfide) groups is 1. The fourth-order valence-corrected chi connectivity index (χ4v) is 4.33. The third kappa shape index (κ3) is 4.59. The Morgan fingerprint density at radius 3 is 2.67 bits per heavy atom. The molecule has 0 atom stereocenters. The molecule has 1 N–H and O–H groups in total. The van der Waals surface area contributed by atoms with Crippen LogP contribution in [-0.4, -0.2) is 26.4 Å². The Morgan fingerprint density at radius 2 is 2.00 bits per heavy atom. The molecular weight excluding hydrogens is 376 g/mol. The van der Waals surface area contributed by atoms with Gasteiger partial charge in [-0.15, -0.1) is 21.5 Å². The molecule has 0 saturated heterocycles. The number of hydrogen-bond donors (Lipinski definition) is 1. The van der Waals surface area contributed by atoms with Crippen LogP contribution < -0.4 is 5.32 Å². The Labute approximate surface area is 168 Å². The van der Waals surface area contributed by atoms with E-state index in [9.17, 15) is 4.79 Å². The van der Waals surface area contributed by atoms with Crippen LogP contribution in [0.25, 0.3) is 11.4 Å². The first-order valence-corrected chi connectivity index (χ1v) is 10.7. The normalized spacial score (nSPS) is 11.2. The molecule has 0 aliphatic carbocycles. The van der Waals surface area contributed by atoms with Gasteiger partial charge in [-0.05, 0) is 57.9 Å². The van der Waals surface area contributed by atoms with Crippen LogP contribution in [0.5, 0.6) is 0 Å². The molecule has 0 radical (unpaired) electrons. The van der Waals surface area contributed by atoms with E-state index in [1.165, 1.54) is 16.6 Å². The van der Waals surface area contributed by atoms with E-state index in [1.54, 1.807) is 11.3 Å². The third-order valence-corrected chi connectivity index (χ3v) is 5.97. The number of thiophene rings is 1. The number of amides is 1. The van der Waals surface area contributed by atoms with Gasteiger partial charge in [-0.1, -0.05) is 23.9 Å². The summed E-state index contributed by atoms with van der Waals surface area (Å²) in [5.41, 5.74) is 4.11. The van der Waals surface area contributed by atoms with Gasteiger partial charge in [0.25, 0.3) is 0 Å². The second kappa shape index (κ2) is 8.27. The summed E-state index contributed by atoms with van der Waals surface area (Å²) in [5, 5.41) is 14.6.